The van der Waals surface area contributed by atoms with Crippen LogP contribution in [0, 0.1) is 23.7 Å². The van der Waals surface area contributed by atoms with Crippen molar-refractivity contribution in [2.45, 2.75) is 171 Å². The van der Waals surface area contributed by atoms with Crippen LogP contribution >= 0.6 is 0 Å². The summed E-state index contributed by atoms with van der Waals surface area (Å²) in [5.74, 6) is 4.45. The summed E-state index contributed by atoms with van der Waals surface area (Å²) in [6.07, 6.45) is 28.6. The van der Waals surface area contributed by atoms with E-state index in [1.54, 1.807) is 64.2 Å². The van der Waals surface area contributed by atoms with Gasteiger partial charge in [-0.3, -0.25) is 4.70 Å². The van der Waals surface area contributed by atoms with Gasteiger partial charge in [-0.15, -0.1) is 0 Å². The minimum Gasteiger partial charge on any atom is -0.269 e. The summed E-state index contributed by atoms with van der Waals surface area (Å²) >= 11 is 0. The smallest absolute Gasteiger partial charge is 0 e. The Bertz CT molecular complexity index is 267. The first-order valence-corrected chi connectivity index (χ1v) is 14.1. The van der Waals surface area contributed by atoms with Crippen LogP contribution in [0.5, 0.6) is 0 Å². The zero-order valence-electron chi connectivity index (χ0n) is 22.2. The lowest BCUT2D eigenvalue weighted by Gasteiger charge is -2.34. The number of rotatable bonds is 4. The Hall–Kier alpha value is -0.0700. The van der Waals surface area contributed by atoms with Crippen molar-refractivity contribution in [2.24, 2.45) is 23.7 Å². The molecule has 31 heavy (non-hydrogen) atoms. The Morgan fingerprint density at radius 3 is 0.839 bits per heavy atom. The first-order valence-electron chi connectivity index (χ1n) is 14.1. The van der Waals surface area contributed by atoms with Gasteiger partial charge < -0.3 is 0 Å². The molecule has 0 aromatic carbocycles. The quantitative estimate of drug-likeness (QED) is 0.402. The van der Waals surface area contributed by atoms with Crippen LogP contribution < -0.4 is 0 Å². The van der Waals surface area contributed by atoms with Gasteiger partial charge in [-0.25, -0.2) is 0 Å². The Morgan fingerprint density at radius 1 is 0.419 bits per heavy atom. The highest BCUT2D eigenvalue weighted by Gasteiger charge is 2.26. The molecule has 3 fully saturated rings. The van der Waals surface area contributed by atoms with Crippen molar-refractivity contribution in [2.75, 3.05) is 0 Å². The van der Waals surface area contributed by atoms with Gasteiger partial charge in [0, 0.05) is 1.43 Å². The van der Waals surface area contributed by atoms with E-state index in [0.717, 1.165) is 23.7 Å². The fourth-order valence-electron chi connectivity index (χ4n) is 5.49. The molecule has 0 atom stereocenters. The Morgan fingerprint density at radius 2 is 0.613 bits per heavy atom. The third-order valence-electron chi connectivity index (χ3n) is 6.75. The summed E-state index contributed by atoms with van der Waals surface area (Å²) in [6, 6.07) is 0. The van der Waals surface area contributed by atoms with Crippen molar-refractivity contribution in [3.8, 4) is 0 Å². The van der Waals surface area contributed by atoms with Crippen molar-refractivity contribution in [1.29, 1.82) is 0 Å². The number of hydrogen-bond acceptors (Lipinski definition) is 0. The molecule has 0 heterocycles. The van der Waals surface area contributed by atoms with Crippen molar-refractivity contribution in [3.05, 3.63) is 0 Å². The van der Waals surface area contributed by atoms with E-state index in [2.05, 4.69) is 41.5 Å². The monoisotopic (exact) mass is 447 g/mol. The standard InChI is InChI=1S/C20H36.3C3H8.CH4.FH.H2/c1-3-7-17(8-4-1)15-19-11-13-20(14-12-19)16-18-9-5-2-6-10-18;3*1-3-2;;;/h17-20H,1-16H2;3*3H2,1-2H3;1H4;2*1H. The van der Waals surface area contributed by atoms with Gasteiger partial charge in [0.05, 0.1) is 0 Å². The Balaban J connectivity index is -0.000000286. The third kappa shape index (κ3) is 20.3. The lowest BCUT2D eigenvalue weighted by molar-refractivity contribution is 0.182. The van der Waals surface area contributed by atoms with Crippen LogP contribution in [0.1, 0.15) is 172 Å². The Labute approximate surface area is 201 Å². The van der Waals surface area contributed by atoms with Gasteiger partial charge in [-0.05, 0) is 36.5 Å². The van der Waals surface area contributed by atoms with Crippen molar-refractivity contribution in [1.82, 2.24) is 0 Å². The zero-order chi connectivity index (χ0) is 21.7. The predicted molar refractivity (Wildman–Crippen MR) is 147 cm³/mol. The molecule has 1 heteroatoms. The summed E-state index contributed by atoms with van der Waals surface area (Å²) in [6.45, 7) is 12.8. The van der Waals surface area contributed by atoms with Gasteiger partial charge in [0.1, 0.15) is 0 Å². The SMILES string of the molecule is C.C1CCC(CC2CCC(CC3CCCCC3)CC2)CC1.CCC.CCC.CCC.F.[HH]. The summed E-state index contributed by atoms with van der Waals surface area (Å²) in [7, 11) is 0. The maximum atomic E-state index is 2.12. The molecule has 0 saturated heterocycles. The van der Waals surface area contributed by atoms with E-state index in [-0.39, 0.29) is 13.6 Å². The maximum Gasteiger partial charge on any atom is 0 e. The average Bonchev–Trinajstić information content (AvgIpc) is 2.73. The van der Waals surface area contributed by atoms with Crippen LogP contribution in [0.4, 0.5) is 4.70 Å². The highest BCUT2D eigenvalue weighted by atomic mass is 19.0. The van der Waals surface area contributed by atoms with Crippen molar-refractivity contribution in [3.63, 3.8) is 0 Å². The summed E-state index contributed by atoms with van der Waals surface area (Å²) in [5, 5.41) is 0. The van der Waals surface area contributed by atoms with Crippen LogP contribution in [0.15, 0.2) is 0 Å². The molecule has 0 bridgehead atoms. The van der Waals surface area contributed by atoms with Crippen LogP contribution in [0.25, 0.3) is 0 Å². The summed E-state index contributed by atoms with van der Waals surface area (Å²) in [4.78, 5) is 0. The normalized spacial score (nSPS) is 23.8. The van der Waals surface area contributed by atoms with Gasteiger partial charge in [0.25, 0.3) is 0 Å². The van der Waals surface area contributed by atoms with Crippen molar-refractivity contribution >= 4 is 0 Å². The molecule has 0 N–H and O–H groups in total. The van der Waals surface area contributed by atoms with Gasteiger partial charge in [0.2, 0.25) is 0 Å². The van der Waals surface area contributed by atoms with E-state index < -0.39 is 0 Å². The highest BCUT2D eigenvalue weighted by Crippen LogP contribution is 2.40. The molecule has 3 aliphatic carbocycles. The molecule has 0 spiro atoms. The number of halogens is 1. The second kappa shape index (κ2) is 26.2. The predicted octanol–water partition coefficient (Wildman–Crippen LogP) is 12.0. The highest BCUT2D eigenvalue weighted by molar-refractivity contribution is 4.79. The van der Waals surface area contributed by atoms with Gasteiger partial charge in [-0.1, -0.05) is 158 Å². The first-order chi connectivity index (χ1) is 14.1. The molecule has 0 unspecified atom stereocenters. The summed E-state index contributed by atoms with van der Waals surface area (Å²) < 4.78 is 0. The minimum absolute atomic E-state index is 0. The van der Waals surface area contributed by atoms with E-state index in [1.165, 1.54) is 57.8 Å². The van der Waals surface area contributed by atoms with Crippen LogP contribution in [-0.2, 0) is 0 Å². The first kappa shape index (κ1) is 35.5. The molecule has 3 rings (SSSR count). The largest absolute Gasteiger partial charge is 0.269 e. The van der Waals surface area contributed by atoms with Crippen molar-refractivity contribution < 1.29 is 6.13 Å². The van der Waals surface area contributed by atoms with Gasteiger partial charge in [0.15, 0.2) is 0 Å². The van der Waals surface area contributed by atoms with E-state index in [9.17, 15) is 0 Å². The average molecular weight is 447 g/mol. The van der Waals surface area contributed by atoms with Crippen LogP contribution in [0.2, 0.25) is 0 Å². The molecule has 0 amide bonds. The maximum absolute atomic E-state index is 2.12. The van der Waals surface area contributed by atoms with E-state index >= 15 is 0 Å². The second-order valence-corrected chi connectivity index (χ2v) is 10.5. The molecule has 194 valence electrons. The Kier molecular flexibility index (Phi) is 30.0. The van der Waals surface area contributed by atoms with Crippen LogP contribution in [-0.4, -0.2) is 0 Å². The molecular weight excluding hydrogens is 379 g/mol. The fraction of sp³-hybridized carbons (Fsp3) is 1.00. The van der Waals surface area contributed by atoms with E-state index in [0.29, 0.717) is 0 Å². The molecule has 0 aromatic heterocycles. The van der Waals surface area contributed by atoms with Gasteiger partial charge in [-0.2, -0.15) is 0 Å². The molecule has 0 radical (unpaired) electrons. The van der Waals surface area contributed by atoms with E-state index in [1.807, 2.05) is 0 Å². The van der Waals surface area contributed by atoms with E-state index in [4.69, 9.17) is 0 Å². The minimum atomic E-state index is 0. The lowest BCUT2D eigenvalue weighted by atomic mass is 9.72. The topological polar surface area (TPSA) is 0 Å². The number of hydrogen-bond donors (Lipinski definition) is 0. The fourth-order valence-corrected chi connectivity index (χ4v) is 5.49. The molecule has 3 aliphatic rings. The zero-order valence-corrected chi connectivity index (χ0v) is 22.2. The molecule has 3 saturated carbocycles. The second-order valence-electron chi connectivity index (χ2n) is 10.5. The molecular formula is C30H67F. The molecule has 0 aromatic rings. The third-order valence-corrected chi connectivity index (χ3v) is 6.75. The van der Waals surface area contributed by atoms with Gasteiger partial charge >= 0.3 is 0 Å². The summed E-state index contributed by atoms with van der Waals surface area (Å²) in [5.41, 5.74) is 0. The molecule has 0 aliphatic heterocycles. The molecule has 0 nitrogen and oxygen atoms in total. The lowest BCUT2D eigenvalue weighted by Crippen LogP contribution is -2.21. The van der Waals surface area contributed by atoms with Crippen LogP contribution in [0.3, 0.4) is 0 Å².